The predicted molar refractivity (Wildman–Crippen MR) is 127 cm³/mol. The number of hydrogen-bond acceptors (Lipinski definition) is 6. The summed E-state index contributed by atoms with van der Waals surface area (Å²) in [6.45, 7) is 0. The number of anilines is 1. The molecule has 0 aliphatic rings. The summed E-state index contributed by atoms with van der Waals surface area (Å²) in [5, 5.41) is 0.573. The highest BCUT2D eigenvalue weighted by atomic mass is 32.2. The molecule has 0 bridgehead atoms. The summed E-state index contributed by atoms with van der Waals surface area (Å²) in [7, 11) is -2.47. The Balaban J connectivity index is 1.43. The third-order valence-electron chi connectivity index (χ3n) is 4.74. The lowest BCUT2D eigenvalue weighted by atomic mass is 10.2. The first-order valence-corrected chi connectivity index (χ1v) is 12.1. The van der Waals surface area contributed by atoms with Crippen molar-refractivity contribution in [1.29, 1.82) is 0 Å². The first-order chi connectivity index (χ1) is 16.2. The summed E-state index contributed by atoms with van der Waals surface area (Å²) in [5.41, 5.74) is 4.89. The van der Waals surface area contributed by atoms with Crippen molar-refractivity contribution in [2.45, 2.75) is 4.90 Å². The molecule has 0 atom stereocenters. The number of halogens is 1. The highest BCUT2D eigenvalue weighted by Gasteiger charge is 2.18. The number of carbonyl (C=O) groups is 2. The van der Waals surface area contributed by atoms with Crippen molar-refractivity contribution in [3.8, 4) is 5.75 Å². The van der Waals surface area contributed by atoms with Gasteiger partial charge in [0.2, 0.25) is 0 Å². The second-order valence-electron chi connectivity index (χ2n) is 7.06. The van der Waals surface area contributed by atoms with Crippen LogP contribution in [0.25, 0.3) is 10.1 Å². The van der Waals surface area contributed by atoms with Gasteiger partial charge < -0.3 is 4.74 Å². The molecule has 8 nitrogen and oxygen atoms in total. The Morgan fingerprint density at radius 2 is 1.65 bits per heavy atom. The minimum Gasteiger partial charge on any atom is -0.497 e. The quantitative estimate of drug-likeness (QED) is 0.348. The summed E-state index contributed by atoms with van der Waals surface area (Å²) in [6, 6.07) is 17.4. The lowest BCUT2D eigenvalue weighted by Crippen LogP contribution is -2.41. The van der Waals surface area contributed by atoms with Crippen molar-refractivity contribution < 1.29 is 27.1 Å². The van der Waals surface area contributed by atoms with E-state index < -0.39 is 27.7 Å². The minimum atomic E-state index is -3.97. The van der Waals surface area contributed by atoms with Crippen LogP contribution in [0.4, 0.5) is 10.1 Å². The van der Waals surface area contributed by atoms with Gasteiger partial charge in [0.25, 0.3) is 21.8 Å². The van der Waals surface area contributed by atoms with Gasteiger partial charge >= 0.3 is 0 Å². The highest BCUT2D eigenvalue weighted by molar-refractivity contribution is 7.92. The summed E-state index contributed by atoms with van der Waals surface area (Å²) >= 11 is 1.15. The molecule has 3 N–H and O–H groups in total. The van der Waals surface area contributed by atoms with Gasteiger partial charge in [-0.3, -0.25) is 25.2 Å². The molecule has 0 radical (unpaired) electrons. The van der Waals surface area contributed by atoms with Gasteiger partial charge in [0.1, 0.15) is 11.6 Å². The van der Waals surface area contributed by atoms with Crippen molar-refractivity contribution in [3.63, 3.8) is 0 Å². The number of fused-ring (bicyclic) bond motifs is 1. The van der Waals surface area contributed by atoms with Crippen LogP contribution >= 0.6 is 11.3 Å². The van der Waals surface area contributed by atoms with Gasteiger partial charge in [-0.25, -0.2) is 12.8 Å². The third-order valence-corrected chi connectivity index (χ3v) is 7.23. The topological polar surface area (TPSA) is 114 Å². The van der Waals surface area contributed by atoms with Crippen LogP contribution in [0, 0.1) is 5.82 Å². The van der Waals surface area contributed by atoms with Gasteiger partial charge in [-0.15, -0.1) is 11.3 Å². The van der Waals surface area contributed by atoms with Crippen LogP contribution in [0.15, 0.2) is 77.7 Å². The molecule has 0 saturated carbocycles. The van der Waals surface area contributed by atoms with Crippen LogP contribution in [0.3, 0.4) is 0 Å². The van der Waals surface area contributed by atoms with Crippen molar-refractivity contribution >= 4 is 48.9 Å². The van der Waals surface area contributed by atoms with Crippen molar-refractivity contribution in [2.24, 2.45) is 0 Å². The van der Waals surface area contributed by atoms with Crippen LogP contribution in [-0.4, -0.2) is 27.3 Å². The fourth-order valence-corrected chi connectivity index (χ4v) is 5.09. The fourth-order valence-electron chi connectivity index (χ4n) is 3.05. The maximum Gasteiger partial charge on any atom is 0.279 e. The number of methoxy groups -OCH3 is 1. The Morgan fingerprint density at radius 3 is 2.38 bits per heavy atom. The SMILES string of the molecule is COc1ccc(NS(=O)(=O)c2cccc(C(=O)NNC(=O)c3cc4cc(F)ccc4s3)c2)cc1. The van der Waals surface area contributed by atoms with Gasteiger partial charge in [0, 0.05) is 16.0 Å². The number of hydrogen-bond donors (Lipinski definition) is 3. The Kier molecular flexibility index (Phi) is 6.48. The van der Waals surface area contributed by atoms with Crippen LogP contribution in [0.1, 0.15) is 20.0 Å². The molecular weight excluding hydrogens is 481 g/mol. The molecule has 0 spiro atoms. The van der Waals surface area contributed by atoms with Crippen LogP contribution in [0.5, 0.6) is 5.75 Å². The first-order valence-electron chi connectivity index (χ1n) is 9.82. The van der Waals surface area contributed by atoms with E-state index in [2.05, 4.69) is 15.6 Å². The highest BCUT2D eigenvalue weighted by Crippen LogP contribution is 2.26. The smallest absolute Gasteiger partial charge is 0.279 e. The zero-order chi connectivity index (χ0) is 24.3. The number of hydrazine groups is 1. The Bertz CT molecular complexity index is 1480. The first kappa shape index (κ1) is 23.2. The Labute approximate surface area is 198 Å². The lowest BCUT2D eigenvalue weighted by molar-refractivity contribution is 0.0849. The predicted octanol–water partition coefficient (Wildman–Crippen LogP) is 3.92. The zero-order valence-corrected chi connectivity index (χ0v) is 19.3. The molecule has 4 rings (SSSR count). The second-order valence-corrected chi connectivity index (χ2v) is 9.83. The fraction of sp³-hybridized carbons (Fsp3) is 0.0435. The second kappa shape index (κ2) is 9.49. The molecule has 174 valence electrons. The summed E-state index contributed by atoms with van der Waals surface area (Å²) in [4.78, 5) is 25.0. The molecule has 11 heteroatoms. The normalized spacial score (nSPS) is 11.1. The standard InChI is InChI=1S/C23H18FN3O5S2/c1-32-18-8-6-17(7-9-18)27-34(30,31)19-4-2-3-14(12-19)22(28)25-26-23(29)21-13-15-11-16(24)5-10-20(15)33-21/h2-13,27H,1H3,(H,25,28)(H,26,29). The number of carbonyl (C=O) groups excluding carboxylic acids is 2. The van der Waals surface area contributed by atoms with Gasteiger partial charge in [-0.05, 0) is 72.1 Å². The summed E-state index contributed by atoms with van der Waals surface area (Å²) < 4.78 is 47.0. The Hall–Kier alpha value is -3.96. The third kappa shape index (κ3) is 5.16. The van der Waals surface area contributed by atoms with E-state index in [-0.39, 0.29) is 15.3 Å². The molecule has 0 aliphatic carbocycles. The van der Waals surface area contributed by atoms with Gasteiger partial charge in [0.15, 0.2) is 0 Å². The largest absolute Gasteiger partial charge is 0.497 e. The molecule has 4 aromatic rings. The molecule has 0 aliphatic heterocycles. The summed E-state index contributed by atoms with van der Waals surface area (Å²) in [5.74, 6) is -1.13. The average Bonchev–Trinajstić information content (AvgIpc) is 3.26. The number of ether oxygens (including phenoxy) is 1. The number of thiophene rings is 1. The maximum absolute atomic E-state index is 13.4. The molecule has 2 amide bonds. The molecule has 1 heterocycles. The van der Waals surface area contributed by atoms with E-state index in [1.165, 1.54) is 49.6 Å². The molecular formula is C23H18FN3O5S2. The number of sulfonamides is 1. The minimum absolute atomic E-state index is 0.0244. The van der Waals surface area contributed by atoms with E-state index in [1.54, 1.807) is 30.3 Å². The molecule has 0 saturated heterocycles. The number of rotatable bonds is 6. The van der Waals surface area contributed by atoms with Gasteiger partial charge in [-0.1, -0.05) is 6.07 Å². The van der Waals surface area contributed by atoms with Gasteiger partial charge in [-0.2, -0.15) is 0 Å². The van der Waals surface area contributed by atoms with Crippen LogP contribution < -0.4 is 20.3 Å². The van der Waals surface area contributed by atoms with Crippen LogP contribution in [0.2, 0.25) is 0 Å². The molecule has 0 unspecified atom stereocenters. The van der Waals surface area contributed by atoms with Crippen molar-refractivity contribution in [1.82, 2.24) is 10.9 Å². The molecule has 3 aromatic carbocycles. The zero-order valence-electron chi connectivity index (χ0n) is 17.7. The Morgan fingerprint density at radius 1 is 0.912 bits per heavy atom. The van der Waals surface area contributed by atoms with Crippen molar-refractivity contribution in [3.05, 3.63) is 89.1 Å². The monoisotopic (exact) mass is 499 g/mol. The van der Waals surface area contributed by atoms with Gasteiger partial charge in [0.05, 0.1) is 16.9 Å². The van der Waals surface area contributed by atoms with E-state index in [0.29, 0.717) is 16.8 Å². The van der Waals surface area contributed by atoms with E-state index in [1.807, 2.05) is 0 Å². The van der Waals surface area contributed by atoms with E-state index in [9.17, 15) is 22.4 Å². The van der Waals surface area contributed by atoms with E-state index in [0.717, 1.165) is 16.0 Å². The molecule has 1 aromatic heterocycles. The van der Waals surface area contributed by atoms with Crippen molar-refractivity contribution in [2.75, 3.05) is 11.8 Å². The summed E-state index contributed by atoms with van der Waals surface area (Å²) in [6.07, 6.45) is 0. The number of nitrogens with one attached hydrogen (secondary N) is 3. The van der Waals surface area contributed by atoms with Crippen LogP contribution in [-0.2, 0) is 10.0 Å². The van der Waals surface area contributed by atoms with E-state index in [4.69, 9.17) is 4.74 Å². The molecule has 0 fully saturated rings. The average molecular weight is 500 g/mol. The number of benzene rings is 3. The number of amides is 2. The maximum atomic E-state index is 13.4. The molecule has 34 heavy (non-hydrogen) atoms. The lowest BCUT2D eigenvalue weighted by Gasteiger charge is -2.10. The van der Waals surface area contributed by atoms with E-state index >= 15 is 0 Å².